The van der Waals surface area contributed by atoms with Gasteiger partial charge in [0, 0.05) is 50.1 Å². The molecule has 2 fully saturated rings. The maximum Gasteiger partial charge on any atom is 0.270 e. The first-order chi connectivity index (χ1) is 13.1. The van der Waals surface area contributed by atoms with Gasteiger partial charge in [-0.2, -0.15) is 5.10 Å². The van der Waals surface area contributed by atoms with Gasteiger partial charge in [0.1, 0.15) is 5.71 Å². The molecule has 1 aromatic rings. The number of carbonyl (C=O) groups excluding carboxylic acids is 2. The molecule has 1 saturated carbocycles. The summed E-state index contributed by atoms with van der Waals surface area (Å²) >= 11 is 5.92. The van der Waals surface area contributed by atoms with Gasteiger partial charge in [0.15, 0.2) is 0 Å². The predicted molar refractivity (Wildman–Crippen MR) is 106 cm³/mol. The Morgan fingerprint density at radius 2 is 1.67 bits per heavy atom. The summed E-state index contributed by atoms with van der Waals surface area (Å²) in [5, 5.41) is 6.32. The Morgan fingerprint density at radius 3 is 2.33 bits per heavy atom. The number of hydrazone groups is 1. The maximum atomic E-state index is 12.9. The maximum absolute atomic E-state index is 12.9. The van der Waals surface area contributed by atoms with Crippen LogP contribution in [-0.4, -0.2) is 59.5 Å². The van der Waals surface area contributed by atoms with E-state index in [-0.39, 0.29) is 11.8 Å². The van der Waals surface area contributed by atoms with Crippen LogP contribution >= 0.6 is 11.6 Å². The lowest BCUT2D eigenvalue weighted by atomic mass is 10.1. The van der Waals surface area contributed by atoms with Gasteiger partial charge in [-0.1, -0.05) is 24.4 Å². The third kappa shape index (κ3) is 4.01. The van der Waals surface area contributed by atoms with Crippen molar-refractivity contribution in [2.75, 3.05) is 31.2 Å². The largest absolute Gasteiger partial charge is 0.335 e. The van der Waals surface area contributed by atoms with Crippen LogP contribution in [0.1, 0.15) is 38.5 Å². The normalized spacial score (nSPS) is 22.3. The molecular weight excluding hydrogens is 364 g/mol. The summed E-state index contributed by atoms with van der Waals surface area (Å²) in [5.74, 6) is -0.132. The Kier molecular flexibility index (Phi) is 5.45. The molecule has 144 valence electrons. The first-order valence-corrected chi connectivity index (χ1v) is 10.2. The molecule has 7 heteroatoms. The minimum Gasteiger partial charge on any atom is -0.335 e. The third-order valence-corrected chi connectivity index (χ3v) is 6.05. The van der Waals surface area contributed by atoms with E-state index in [1.807, 2.05) is 4.90 Å². The summed E-state index contributed by atoms with van der Waals surface area (Å²) in [5.41, 5.74) is 1.11. The molecule has 0 spiro atoms. The lowest BCUT2D eigenvalue weighted by Gasteiger charge is -2.38. The van der Waals surface area contributed by atoms with Crippen LogP contribution in [0, 0.1) is 0 Å². The number of amides is 2. The third-order valence-electron chi connectivity index (χ3n) is 5.79. The lowest BCUT2D eigenvalue weighted by molar-refractivity contribution is -0.126. The fourth-order valence-corrected chi connectivity index (χ4v) is 4.36. The van der Waals surface area contributed by atoms with E-state index in [0.717, 1.165) is 26.2 Å². The molecule has 0 atom stereocenters. The quantitative estimate of drug-likeness (QED) is 0.800. The number of piperazine rings is 1. The average Bonchev–Trinajstić information content (AvgIpc) is 3.24. The Morgan fingerprint density at radius 1 is 1.00 bits per heavy atom. The summed E-state index contributed by atoms with van der Waals surface area (Å²) in [6.07, 6.45) is 5.95. The fraction of sp³-hybridized carbons (Fsp3) is 0.550. The zero-order chi connectivity index (χ0) is 18.8. The Balaban J connectivity index is 1.42. The number of anilines is 1. The van der Waals surface area contributed by atoms with E-state index in [1.54, 1.807) is 24.3 Å². The monoisotopic (exact) mass is 388 g/mol. The molecule has 1 saturated heterocycles. The molecule has 27 heavy (non-hydrogen) atoms. The van der Waals surface area contributed by atoms with E-state index in [4.69, 9.17) is 11.6 Å². The van der Waals surface area contributed by atoms with Crippen molar-refractivity contribution in [2.45, 2.75) is 44.6 Å². The Hall–Kier alpha value is -1.92. The molecule has 6 nitrogen and oxygen atoms in total. The van der Waals surface area contributed by atoms with Crippen molar-refractivity contribution in [3.8, 4) is 0 Å². The minimum absolute atomic E-state index is 0.0347. The van der Waals surface area contributed by atoms with Gasteiger partial charge < -0.3 is 4.90 Å². The van der Waals surface area contributed by atoms with Crippen LogP contribution in [0.5, 0.6) is 0 Å². The number of carbonyl (C=O) groups is 2. The van der Waals surface area contributed by atoms with Crippen LogP contribution in [0.15, 0.2) is 29.4 Å². The number of hydrogen-bond acceptors (Lipinski definition) is 4. The molecule has 4 rings (SSSR count). The summed E-state index contributed by atoms with van der Waals surface area (Å²) in [7, 11) is 0. The topological polar surface area (TPSA) is 56.2 Å². The molecule has 2 amide bonds. The van der Waals surface area contributed by atoms with E-state index >= 15 is 0 Å². The van der Waals surface area contributed by atoms with Crippen molar-refractivity contribution in [3.63, 3.8) is 0 Å². The van der Waals surface area contributed by atoms with Crippen LogP contribution in [0.2, 0.25) is 5.02 Å². The van der Waals surface area contributed by atoms with Crippen LogP contribution in [-0.2, 0) is 9.59 Å². The zero-order valence-electron chi connectivity index (χ0n) is 15.4. The van der Waals surface area contributed by atoms with Crippen molar-refractivity contribution < 1.29 is 9.59 Å². The molecule has 3 aliphatic rings. The first kappa shape index (κ1) is 18.4. The van der Waals surface area contributed by atoms with Crippen molar-refractivity contribution in [1.82, 2.24) is 9.80 Å². The number of nitrogens with zero attached hydrogens (tertiary/aromatic N) is 4. The van der Waals surface area contributed by atoms with Crippen LogP contribution < -0.4 is 5.01 Å². The molecule has 0 aromatic heterocycles. The van der Waals surface area contributed by atoms with Crippen LogP contribution in [0.4, 0.5) is 5.69 Å². The highest BCUT2D eigenvalue weighted by atomic mass is 35.5. The van der Waals surface area contributed by atoms with Crippen molar-refractivity contribution >= 4 is 34.8 Å². The SMILES string of the molecule is O=C(C1=NN(c2ccc(Cl)cc2)C(=O)CC1)N1CCN(C2CCCC2)CC1. The second-order valence-corrected chi connectivity index (χ2v) is 7.93. The minimum atomic E-state index is -0.0973. The molecule has 0 N–H and O–H groups in total. The van der Waals surface area contributed by atoms with E-state index in [2.05, 4.69) is 10.0 Å². The smallest absolute Gasteiger partial charge is 0.270 e. The number of benzene rings is 1. The van der Waals surface area contributed by atoms with Gasteiger partial charge in [-0.3, -0.25) is 14.5 Å². The number of rotatable bonds is 3. The van der Waals surface area contributed by atoms with Crippen LogP contribution in [0.25, 0.3) is 0 Å². The first-order valence-electron chi connectivity index (χ1n) is 9.81. The zero-order valence-corrected chi connectivity index (χ0v) is 16.2. The van der Waals surface area contributed by atoms with Crippen molar-refractivity contribution in [1.29, 1.82) is 0 Å². The standard InChI is InChI=1S/C20H25ClN4O2/c21-15-5-7-17(8-6-15)25-19(26)10-9-18(22-25)20(27)24-13-11-23(12-14-24)16-3-1-2-4-16/h5-8,16H,1-4,9-14H2. The van der Waals surface area contributed by atoms with Crippen LogP contribution in [0.3, 0.4) is 0 Å². The average molecular weight is 389 g/mol. The molecule has 2 heterocycles. The molecule has 1 aromatic carbocycles. The predicted octanol–water partition coefficient (Wildman–Crippen LogP) is 2.91. The van der Waals surface area contributed by atoms with E-state index < -0.39 is 0 Å². The highest BCUT2D eigenvalue weighted by Gasteiger charge is 2.32. The molecule has 2 aliphatic heterocycles. The molecule has 0 radical (unpaired) electrons. The van der Waals surface area contributed by atoms with E-state index in [9.17, 15) is 9.59 Å². The van der Waals surface area contributed by atoms with Gasteiger partial charge in [0.2, 0.25) is 5.91 Å². The van der Waals surface area contributed by atoms with Crippen molar-refractivity contribution in [3.05, 3.63) is 29.3 Å². The number of hydrogen-bond donors (Lipinski definition) is 0. The highest BCUT2D eigenvalue weighted by Crippen LogP contribution is 2.25. The van der Waals surface area contributed by atoms with Gasteiger partial charge in [-0.05, 0) is 37.1 Å². The van der Waals surface area contributed by atoms with E-state index in [1.165, 1.54) is 30.7 Å². The van der Waals surface area contributed by atoms with Gasteiger partial charge in [-0.15, -0.1) is 0 Å². The second-order valence-electron chi connectivity index (χ2n) is 7.50. The molecule has 1 aliphatic carbocycles. The number of halogens is 1. The Bertz CT molecular complexity index is 735. The summed E-state index contributed by atoms with van der Waals surface area (Å²) in [4.78, 5) is 29.6. The fourth-order valence-electron chi connectivity index (χ4n) is 4.23. The van der Waals surface area contributed by atoms with E-state index in [0.29, 0.717) is 35.3 Å². The van der Waals surface area contributed by atoms with Crippen molar-refractivity contribution in [2.24, 2.45) is 5.10 Å². The molecule has 0 unspecified atom stereocenters. The second kappa shape index (κ2) is 7.98. The van der Waals surface area contributed by atoms with Gasteiger partial charge in [-0.25, -0.2) is 5.01 Å². The lowest BCUT2D eigenvalue weighted by Crippen LogP contribution is -2.53. The van der Waals surface area contributed by atoms with Gasteiger partial charge in [0.25, 0.3) is 5.91 Å². The summed E-state index contributed by atoms with van der Waals surface area (Å²) in [6, 6.07) is 7.64. The highest BCUT2D eigenvalue weighted by molar-refractivity contribution is 6.40. The molecule has 0 bridgehead atoms. The summed E-state index contributed by atoms with van der Waals surface area (Å²) < 4.78 is 0. The Labute approximate surface area is 164 Å². The summed E-state index contributed by atoms with van der Waals surface area (Å²) in [6.45, 7) is 3.35. The molecular formula is C20H25ClN4O2. The van der Waals surface area contributed by atoms with Gasteiger partial charge in [0.05, 0.1) is 5.69 Å². The van der Waals surface area contributed by atoms with Gasteiger partial charge >= 0.3 is 0 Å².